The van der Waals surface area contributed by atoms with Crippen molar-refractivity contribution >= 4 is 40.5 Å². The van der Waals surface area contributed by atoms with E-state index in [4.69, 9.17) is 28.9 Å². The van der Waals surface area contributed by atoms with Gasteiger partial charge in [0, 0.05) is 16.9 Å². The summed E-state index contributed by atoms with van der Waals surface area (Å²) in [6, 6.07) is 6.25. The predicted octanol–water partition coefficient (Wildman–Crippen LogP) is 3.22. The lowest BCUT2D eigenvalue weighted by Gasteiger charge is -2.08. The Labute approximate surface area is 114 Å². The van der Waals surface area contributed by atoms with Gasteiger partial charge in [0.15, 0.2) is 0 Å². The summed E-state index contributed by atoms with van der Waals surface area (Å²) in [5.74, 6) is -0.362. The second-order valence-corrected chi connectivity index (χ2v) is 4.38. The van der Waals surface area contributed by atoms with Crippen LogP contribution in [-0.4, -0.2) is 10.9 Å². The summed E-state index contributed by atoms with van der Waals surface area (Å²) in [5.41, 5.74) is 6.79. The molecule has 0 bridgehead atoms. The third-order valence-corrected chi connectivity index (χ3v) is 2.84. The van der Waals surface area contributed by atoms with Crippen molar-refractivity contribution in [3.8, 4) is 0 Å². The van der Waals surface area contributed by atoms with Gasteiger partial charge in [-0.15, -0.1) is 0 Å². The van der Waals surface area contributed by atoms with Crippen molar-refractivity contribution in [1.29, 1.82) is 0 Å². The molecule has 0 saturated heterocycles. The average molecular weight is 282 g/mol. The largest absolute Gasteiger partial charge is 0.398 e. The Balaban J connectivity index is 2.25. The van der Waals surface area contributed by atoms with Crippen molar-refractivity contribution in [3.05, 3.63) is 52.3 Å². The second kappa shape index (κ2) is 5.25. The van der Waals surface area contributed by atoms with Crippen LogP contribution in [-0.2, 0) is 0 Å². The van der Waals surface area contributed by atoms with Crippen molar-refractivity contribution in [1.82, 2.24) is 4.98 Å². The van der Waals surface area contributed by atoms with Crippen molar-refractivity contribution < 1.29 is 4.79 Å². The Morgan fingerprint density at radius 3 is 2.72 bits per heavy atom. The fourth-order valence-electron chi connectivity index (χ4n) is 1.40. The molecule has 0 radical (unpaired) electrons. The Hall–Kier alpha value is -1.78. The molecule has 1 amide bonds. The molecule has 0 aliphatic carbocycles. The molecule has 2 rings (SSSR count). The maximum absolute atomic E-state index is 12.0. The Kier molecular flexibility index (Phi) is 3.69. The Morgan fingerprint density at radius 1 is 1.28 bits per heavy atom. The third kappa shape index (κ3) is 2.72. The fourth-order valence-corrected chi connectivity index (χ4v) is 1.73. The standard InChI is InChI=1S/C12H9Cl2N3O/c13-7-1-2-8(10(15)5-7)12(18)17-11-6-16-4-3-9(11)14/h1-6H,15H2,(H,17,18). The Morgan fingerprint density at radius 2 is 2.06 bits per heavy atom. The van der Waals surface area contributed by atoms with E-state index in [2.05, 4.69) is 10.3 Å². The zero-order valence-corrected chi connectivity index (χ0v) is 10.7. The van der Waals surface area contributed by atoms with Gasteiger partial charge < -0.3 is 11.1 Å². The molecule has 0 unspecified atom stereocenters. The van der Waals surface area contributed by atoms with E-state index >= 15 is 0 Å². The first-order valence-electron chi connectivity index (χ1n) is 5.04. The van der Waals surface area contributed by atoms with Crippen molar-refractivity contribution in [2.45, 2.75) is 0 Å². The highest BCUT2D eigenvalue weighted by Gasteiger charge is 2.11. The lowest BCUT2D eigenvalue weighted by atomic mass is 10.1. The molecule has 3 N–H and O–H groups in total. The number of pyridine rings is 1. The summed E-state index contributed by atoms with van der Waals surface area (Å²) in [6.07, 6.45) is 3.00. The van der Waals surface area contributed by atoms with Gasteiger partial charge in [-0.25, -0.2) is 0 Å². The minimum atomic E-state index is -0.362. The first-order chi connectivity index (χ1) is 8.58. The fraction of sp³-hybridized carbons (Fsp3) is 0. The lowest BCUT2D eigenvalue weighted by molar-refractivity contribution is 0.102. The quantitative estimate of drug-likeness (QED) is 0.831. The van der Waals surface area contributed by atoms with Gasteiger partial charge in [-0.05, 0) is 24.3 Å². The smallest absolute Gasteiger partial charge is 0.257 e. The summed E-state index contributed by atoms with van der Waals surface area (Å²) in [4.78, 5) is 15.9. The van der Waals surface area contributed by atoms with Crippen LogP contribution in [0.25, 0.3) is 0 Å². The number of nitrogens with two attached hydrogens (primary N) is 1. The molecule has 6 heteroatoms. The number of nitrogens with one attached hydrogen (secondary N) is 1. The second-order valence-electron chi connectivity index (χ2n) is 3.54. The van der Waals surface area contributed by atoms with Gasteiger partial charge in [-0.1, -0.05) is 23.2 Å². The summed E-state index contributed by atoms with van der Waals surface area (Å²) in [7, 11) is 0. The van der Waals surface area contributed by atoms with Crippen molar-refractivity contribution in [3.63, 3.8) is 0 Å². The van der Waals surface area contributed by atoms with E-state index in [1.54, 1.807) is 18.2 Å². The molecular weight excluding hydrogens is 273 g/mol. The SMILES string of the molecule is Nc1cc(Cl)ccc1C(=O)Nc1cnccc1Cl. The van der Waals surface area contributed by atoms with E-state index in [1.807, 2.05) is 0 Å². The molecule has 2 aromatic rings. The number of halogens is 2. The molecule has 0 fully saturated rings. The number of amides is 1. The van der Waals surface area contributed by atoms with Gasteiger partial charge >= 0.3 is 0 Å². The molecule has 0 aliphatic heterocycles. The summed E-state index contributed by atoms with van der Waals surface area (Å²) < 4.78 is 0. The molecular formula is C12H9Cl2N3O. The first-order valence-corrected chi connectivity index (χ1v) is 5.79. The molecule has 1 aromatic carbocycles. The van der Waals surface area contributed by atoms with Gasteiger partial charge in [-0.2, -0.15) is 0 Å². The zero-order valence-electron chi connectivity index (χ0n) is 9.15. The number of nitrogens with zero attached hydrogens (tertiary/aromatic N) is 1. The number of carbonyl (C=O) groups excluding carboxylic acids is 1. The average Bonchev–Trinajstić information content (AvgIpc) is 2.32. The molecule has 4 nitrogen and oxygen atoms in total. The van der Waals surface area contributed by atoms with Gasteiger partial charge in [0.05, 0.1) is 22.5 Å². The normalized spacial score (nSPS) is 10.1. The molecule has 0 aliphatic rings. The number of carbonyl (C=O) groups is 1. The minimum Gasteiger partial charge on any atom is -0.398 e. The van der Waals surface area contributed by atoms with Gasteiger partial charge in [-0.3, -0.25) is 9.78 Å². The summed E-state index contributed by atoms with van der Waals surface area (Å²) >= 11 is 11.7. The minimum absolute atomic E-state index is 0.306. The van der Waals surface area contributed by atoms with Crippen LogP contribution >= 0.6 is 23.2 Å². The van der Waals surface area contributed by atoms with Crippen LogP contribution in [0.1, 0.15) is 10.4 Å². The van der Waals surface area contributed by atoms with Crippen molar-refractivity contribution in [2.75, 3.05) is 11.1 Å². The van der Waals surface area contributed by atoms with Crippen LogP contribution in [0.3, 0.4) is 0 Å². The summed E-state index contributed by atoms with van der Waals surface area (Å²) in [6.45, 7) is 0. The zero-order chi connectivity index (χ0) is 13.1. The van der Waals surface area contributed by atoms with Crippen LogP contribution in [0.5, 0.6) is 0 Å². The molecule has 0 atom stereocenters. The number of aromatic nitrogens is 1. The Bertz CT molecular complexity index is 602. The van der Waals surface area contributed by atoms with Gasteiger partial charge in [0.2, 0.25) is 0 Å². The summed E-state index contributed by atoms with van der Waals surface area (Å²) in [5, 5.41) is 3.51. The van der Waals surface area contributed by atoms with E-state index < -0.39 is 0 Å². The van der Waals surface area contributed by atoms with Gasteiger partial charge in [0.25, 0.3) is 5.91 Å². The van der Waals surface area contributed by atoms with Crippen LogP contribution in [0, 0.1) is 0 Å². The van der Waals surface area contributed by atoms with Crippen LogP contribution in [0.15, 0.2) is 36.7 Å². The highest BCUT2D eigenvalue weighted by atomic mass is 35.5. The van der Waals surface area contributed by atoms with E-state index in [0.29, 0.717) is 27.0 Å². The highest BCUT2D eigenvalue weighted by Crippen LogP contribution is 2.22. The van der Waals surface area contributed by atoms with Gasteiger partial charge in [0.1, 0.15) is 0 Å². The topological polar surface area (TPSA) is 68.0 Å². The number of rotatable bonds is 2. The predicted molar refractivity (Wildman–Crippen MR) is 73.1 cm³/mol. The van der Waals surface area contributed by atoms with Crippen LogP contribution in [0.4, 0.5) is 11.4 Å². The third-order valence-electron chi connectivity index (χ3n) is 2.27. The maximum atomic E-state index is 12.0. The van der Waals surface area contributed by atoms with Crippen molar-refractivity contribution in [2.24, 2.45) is 0 Å². The maximum Gasteiger partial charge on any atom is 0.257 e. The molecule has 1 aromatic heterocycles. The molecule has 18 heavy (non-hydrogen) atoms. The molecule has 92 valence electrons. The monoisotopic (exact) mass is 281 g/mol. The highest BCUT2D eigenvalue weighted by molar-refractivity contribution is 6.34. The number of nitrogen functional groups attached to an aromatic ring is 1. The van der Waals surface area contributed by atoms with Crippen LogP contribution in [0.2, 0.25) is 10.0 Å². The van der Waals surface area contributed by atoms with Crippen LogP contribution < -0.4 is 11.1 Å². The molecule has 0 spiro atoms. The number of anilines is 2. The van der Waals surface area contributed by atoms with E-state index in [0.717, 1.165) is 0 Å². The molecule has 1 heterocycles. The first kappa shape index (κ1) is 12.7. The number of hydrogen-bond donors (Lipinski definition) is 2. The van der Waals surface area contributed by atoms with E-state index in [-0.39, 0.29) is 5.91 Å². The number of hydrogen-bond acceptors (Lipinski definition) is 3. The molecule has 0 saturated carbocycles. The lowest BCUT2D eigenvalue weighted by Crippen LogP contribution is -2.14. The number of benzene rings is 1. The van der Waals surface area contributed by atoms with E-state index in [9.17, 15) is 4.79 Å². The van der Waals surface area contributed by atoms with E-state index in [1.165, 1.54) is 18.5 Å².